The maximum Gasteiger partial charge on any atom is 0.191 e. The number of rotatable bonds is 8. The first-order valence-corrected chi connectivity index (χ1v) is 9.68. The third-order valence-electron chi connectivity index (χ3n) is 5.05. The van der Waals surface area contributed by atoms with E-state index in [-0.39, 0.29) is 6.04 Å². The quantitative estimate of drug-likeness (QED) is 0.537. The Labute approximate surface area is 166 Å². The number of hydrogen-bond acceptors (Lipinski definition) is 5. The molecule has 0 bridgehead atoms. The van der Waals surface area contributed by atoms with Crippen molar-refractivity contribution in [2.24, 2.45) is 4.99 Å². The highest BCUT2D eigenvalue weighted by Crippen LogP contribution is 2.27. The van der Waals surface area contributed by atoms with Gasteiger partial charge < -0.3 is 24.5 Å². The summed E-state index contributed by atoms with van der Waals surface area (Å²) in [4.78, 5) is 6.81. The highest BCUT2D eigenvalue weighted by molar-refractivity contribution is 5.79. The molecule has 152 valence electrons. The lowest BCUT2D eigenvalue weighted by Crippen LogP contribution is -2.42. The summed E-state index contributed by atoms with van der Waals surface area (Å²) in [5.74, 6) is 3.19. The van der Waals surface area contributed by atoms with Gasteiger partial charge in [0.1, 0.15) is 5.76 Å². The first kappa shape index (κ1) is 20.1. The summed E-state index contributed by atoms with van der Waals surface area (Å²) >= 11 is 0. The SMILES string of the molecule is CN=C(NCc1ccc(OC)c(OC)c1)NCC(c1ccco1)N1CCCC1. The Hall–Kier alpha value is -2.67. The van der Waals surface area contributed by atoms with Crippen molar-refractivity contribution in [1.82, 2.24) is 15.5 Å². The van der Waals surface area contributed by atoms with Crippen LogP contribution in [0.25, 0.3) is 0 Å². The van der Waals surface area contributed by atoms with Crippen molar-refractivity contribution >= 4 is 5.96 Å². The van der Waals surface area contributed by atoms with Crippen LogP contribution in [0, 0.1) is 0 Å². The molecule has 0 radical (unpaired) electrons. The van der Waals surface area contributed by atoms with E-state index >= 15 is 0 Å². The van der Waals surface area contributed by atoms with E-state index in [1.54, 1.807) is 27.5 Å². The second kappa shape index (κ2) is 10.0. The number of likely N-dealkylation sites (tertiary alicyclic amines) is 1. The lowest BCUT2D eigenvalue weighted by atomic mass is 10.2. The van der Waals surface area contributed by atoms with E-state index in [1.807, 2.05) is 30.3 Å². The van der Waals surface area contributed by atoms with Gasteiger partial charge in [0.25, 0.3) is 0 Å². The van der Waals surface area contributed by atoms with Gasteiger partial charge in [-0.25, -0.2) is 0 Å². The number of nitrogens with zero attached hydrogens (tertiary/aromatic N) is 2. The zero-order valence-corrected chi connectivity index (χ0v) is 16.9. The molecule has 0 amide bonds. The summed E-state index contributed by atoms with van der Waals surface area (Å²) in [5, 5.41) is 6.80. The molecule has 1 aromatic carbocycles. The molecule has 1 aliphatic rings. The van der Waals surface area contributed by atoms with Gasteiger partial charge in [0.15, 0.2) is 17.5 Å². The molecule has 7 nitrogen and oxygen atoms in total. The average Bonchev–Trinajstić information content (AvgIpc) is 3.45. The van der Waals surface area contributed by atoms with Crippen LogP contribution in [-0.4, -0.2) is 51.8 Å². The Morgan fingerprint density at radius 2 is 1.93 bits per heavy atom. The topological polar surface area (TPSA) is 71.3 Å². The first-order valence-electron chi connectivity index (χ1n) is 9.68. The molecular weight excluding hydrogens is 356 g/mol. The number of guanidine groups is 1. The Balaban J connectivity index is 1.58. The van der Waals surface area contributed by atoms with Crippen LogP contribution < -0.4 is 20.1 Å². The van der Waals surface area contributed by atoms with Gasteiger partial charge in [0.2, 0.25) is 0 Å². The number of methoxy groups -OCH3 is 2. The summed E-state index contributed by atoms with van der Waals surface area (Å²) < 4.78 is 16.3. The molecule has 1 unspecified atom stereocenters. The van der Waals surface area contributed by atoms with Crippen LogP contribution >= 0.6 is 0 Å². The van der Waals surface area contributed by atoms with Gasteiger partial charge in [-0.2, -0.15) is 0 Å². The van der Waals surface area contributed by atoms with E-state index in [9.17, 15) is 0 Å². The molecule has 1 fully saturated rings. The van der Waals surface area contributed by atoms with Crippen LogP contribution in [-0.2, 0) is 6.54 Å². The van der Waals surface area contributed by atoms with E-state index in [4.69, 9.17) is 13.9 Å². The van der Waals surface area contributed by atoms with E-state index in [2.05, 4.69) is 20.5 Å². The smallest absolute Gasteiger partial charge is 0.191 e. The number of ether oxygens (including phenoxy) is 2. The van der Waals surface area contributed by atoms with Crippen LogP contribution in [0.3, 0.4) is 0 Å². The molecule has 2 aromatic rings. The molecule has 2 heterocycles. The van der Waals surface area contributed by atoms with Crippen molar-refractivity contribution in [1.29, 1.82) is 0 Å². The molecular formula is C21H30N4O3. The van der Waals surface area contributed by atoms with Crippen molar-refractivity contribution in [3.63, 3.8) is 0 Å². The minimum atomic E-state index is 0.206. The van der Waals surface area contributed by atoms with Gasteiger partial charge in [-0.15, -0.1) is 0 Å². The summed E-state index contributed by atoms with van der Waals surface area (Å²) in [6.07, 6.45) is 4.22. The van der Waals surface area contributed by atoms with E-state index in [0.717, 1.165) is 48.4 Å². The molecule has 1 atom stereocenters. The van der Waals surface area contributed by atoms with Gasteiger partial charge in [0.05, 0.1) is 26.5 Å². The van der Waals surface area contributed by atoms with Crippen molar-refractivity contribution in [2.45, 2.75) is 25.4 Å². The maximum atomic E-state index is 5.68. The summed E-state index contributed by atoms with van der Waals surface area (Å²) in [7, 11) is 5.06. The third kappa shape index (κ3) is 4.98. The minimum absolute atomic E-state index is 0.206. The highest BCUT2D eigenvalue weighted by atomic mass is 16.5. The van der Waals surface area contributed by atoms with Crippen LogP contribution in [0.2, 0.25) is 0 Å². The predicted molar refractivity (Wildman–Crippen MR) is 110 cm³/mol. The van der Waals surface area contributed by atoms with Gasteiger partial charge in [-0.3, -0.25) is 9.89 Å². The summed E-state index contributed by atoms with van der Waals surface area (Å²) in [5.41, 5.74) is 1.09. The Morgan fingerprint density at radius 3 is 2.57 bits per heavy atom. The largest absolute Gasteiger partial charge is 0.493 e. The molecule has 0 saturated carbocycles. The average molecular weight is 386 g/mol. The van der Waals surface area contributed by atoms with Gasteiger partial charge in [0, 0.05) is 20.1 Å². The van der Waals surface area contributed by atoms with Crippen molar-refractivity contribution in [3.8, 4) is 11.5 Å². The number of aliphatic imine (C=N–C) groups is 1. The lowest BCUT2D eigenvalue weighted by Gasteiger charge is -2.26. The van der Waals surface area contributed by atoms with Gasteiger partial charge in [-0.1, -0.05) is 6.07 Å². The fourth-order valence-corrected chi connectivity index (χ4v) is 3.53. The Bertz CT molecular complexity index is 755. The zero-order chi connectivity index (χ0) is 19.8. The standard InChI is InChI=1S/C21H30N4O3/c1-22-21(23-14-16-8-9-19(26-2)20(13-16)27-3)24-15-17(18-7-6-12-28-18)25-10-4-5-11-25/h6-9,12-13,17H,4-5,10-11,14-15H2,1-3H3,(H2,22,23,24). The van der Waals surface area contributed by atoms with Crippen LogP contribution in [0.4, 0.5) is 0 Å². The molecule has 1 saturated heterocycles. The van der Waals surface area contributed by atoms with Crippen molar-refractivity contribution in [2.75, 3.05) is 40.9 Å². The van der Waals surface area contributed by atoms with Crippen LogP contribution in [0.5, 0.6) is 11.5 Å². The van der Waals surface area contributed by atoms with E-state index in [0.29, 0.717) is 6.54 Å². The van der Waals surface area contributed by atoms with Crippen molar-refractivity contribution < 1.29 is 13.9 Å². The minimum Gasteiger partial charge on any atom is -0.493 e. The number of benzene rings is 1. The predicted octanol–water partition coefficient (Wildman–Crippen LogP) is 2.80. The molecule has 2 N–H and O–H groups in total. The van der Waals surface area contributed by atoms with Crippen LogP contribution in [0.1, 0.15) is 30.2 Å². The fourth-order valence-electron chi connectivity index (χ4n) is 3.53. The number of hydrogen-bond donors (Lipinski definition) is 2. The second-order valence-electron chi connectivity index (χ2n) is 6.77. The summed E-state index contributed by atoms with van der Waals surface area (Å²) in [6.45, 7) is 3.57. The lowest BCUT2D eigenvalue weighted by molar-refractivity contribution is 0.215. The fraction of sp³-hybridized carbons (Fsp3) is 0.476. The van der Waals surface area contributed by atoms with Gasteiger partial charge >= 0.3 is 0 Å². The molecule has 1 aromatic heterocycles. The molecule has 1 aliphatic heterocycles. The highest BCUT2D eigenvalue weighted by Gasteiger charge is 2.25. The zero-order valence-electron chi connectivity index (χ0n) is 16.9. The second-order valence-corrected chi connectivity index (χ2v) is 6.77. The Morgan fingerprint density at radius 1 is 1.14 bits per heavy atom. The number of nitrogens with one attached hydrogen (secondary N) is 2. The van der Waals surface area contributed by atoms with E-state index in [1.165, 1.54) is 12.8 Å². The van der Waals surface area contributed by atoms with E-state index < -0.39 is 0 Å². The number of furan rings is 1. The molecule has 0 aliphatic carbocycles. The molecule has 28 heavy (non-hydrogen) atoms. The summed E-state index contributed by atoms with van der Waals surface area (Å²) in [6, 6.07) is 10.1. The maximum absolute atomic E-state index is 5.68. The molecule has 0 spiro atoms. The van der Waals surface area contributed by atoms with Crippen LogP contribution in [0.15, 0.2) is 46.0 Å². The first-order chi connectivity index (χ1) is 13.7. The monoisotopic (exact) mass is 386 g/mol. The van der Waals surface area contributed by atoms with Gasteiger partial charge in [-0.05, 0) is 55.8 Å². The van der Waals surface area contributed by atoms with Crippen molar-refractivity contribution in [3.05, 3.63) is 47.9 Å². The molecule has 7 heteroatoms. The molecule has 3 rings (SSSR count). The Kier molecular flexibility index (Phi) is 7.19. The normalized spacial score (nSPS) is 16.0. The third-order valence-corrected chi connectivity index (χ3v) is 5.05.